The number of phenols is 2. The van der Waals surface area contributed by atoms with E-state index >= 15 is 0 Å². The fourth-order valence-electron chi connectivity index (χ4n) is 3.58. The molecule has 2 atom stereocenters. The van der Waals surface area contributed by atoms with Gasteiger partial charge in [0.15, 0.2) is 23.0 Å². The van der Waals surface area contributed by atoms with E-state index in [0.29, 0.717) is 16.7 Å². The summed E-state index contributed by atoms with van der Waals surface area (Å²) in [4.78, 5) is 24.4. The highest BCUT2D eigenvalue weighted by Gasteiger charge is 2.39. The Balaban J connectivity index is 2.32. The third kappa shape index (κ3) is 3.09. The lowest BCUT2D eigenvalue weighted by Gasteiger charge is -2.32. The summed E-state index contributed by atoms with van der Waals surface area (Å²) in [6.07, 6.45) is 1.48. The van der Waals surface area contributed by atoms with E-state index in [0.717, 1.165) is 0 Å². The average Bonchev–Trinajstić information content (AvgIpc) is 2.66. The number of methoxy groups -OCH3 is 2. The molecule has 28 heavy (non-hydrogen) atoms. The summed E-state index contributed by atoms with van der Waals surface area (Å²) in [5.41, 5.74) is 12.8. The molecule has 146 valence electrons. The van der Waals surface area contributed by atoms with Gasteiger partial charge in [-0.25, -0.2) is 0 Å². The third-order valence-electron chi connectivity index (χ3n) is 4.85. The Morgan fingerprint density at radius 1 is 0.964 bits per heavy atom. The molecule has 0 saturated carbocycles. The lowest BCUT2D eigenvalue weighted by atomic mass is 9.70. The van der Waals surface area contributed by atoms with Crippen molar-refractivity contribution in [2.45, 2.75) is 5.92 Å². The van der Waals surface area contributed by atoms with Crippen LogP contribution >= 0.6 is 0 Å². The second-order valence-corrected chi connectivity index (χ2v) is 6.41. The smallest absolute Gasteiger partial charge is 0.245 e. The van der Waals surface area contributed by atoms with E-state index in [9.17, 15) is 19.8 Å². The van der Waals surface area contributed by atoms with Crippen molar-refractivity contribution in [3.63, 3.8) is 0 Å². The van der Waals surface area contributed by atoms with Crippen molar-refractivity contribution < 1.29 is 29.3 Å². The molecule has 0 saturated heterocycles. The molecule has 0 spiro atoms. The highest BCUT2D eigenvalue weighted by molar-refractivity contribution is 6.04. The van der Waals surface area contributed by atoms with Gasteiger partial charge in [0.05, 0.1) is 20.1 Å². The summed E-state index contributed by atoms with van der Waals surface area (Å²) in [5.74, 6) is -3.13. The molecule has 0 heterocycles. The van der Waals surface area contributed by atoms with Crippen molar-refractivity contribution in [1.29, 1.82) is 0 Å². The second-order valence-electron chi connectivity index (χ2n) is 6.41. The molecule has 1 aliphatic rings. The van der Waals surface area contributed by atoms with E-state index < -0.39 is 23.7 Å². The lowest BCUT2D eigenvalue weighted by molar-refractivity contribution is -0.123. The van der Waals surface area contributed by atoms with Gasteiger partial charge in [0, 0.05) is 11.5 Å². The Morgan fingerprint density at radius 3 is 2.18 bits per heavy atom. The van der Waals surface area contributed by atoms with Gasteiger partial charge in [-0.1, -0.05) is 6.07 Å². The van der Waals surface area contributed by atoms with Crippen LogP contribution < -0.4 is 20.9 Å². The zero-order chi connectivity index (χ0) is 20.6. The Labute approximate surface area is 161 Å². The van der Waals surface area contributed by atoms with Gasteiger partial charge in [-0.05, 0) is 47.0 Å². The predicted octanol–water partition coefficient (Wildman–Crippen LogP) is 1.23. The molecule has 8 nitrogen and oxygen atoms in total. The van der Waals surface area contributed by atoms with Gasteiger partial charge in [0.2, 0.25) is 11.8 Å². The number of ether oxygens (including phenoxy) is 2. The summed E-state index contributed by atoms with van der Waals surface area (Å²) in [7, 11) is 2.79. The molecule has 1 aliphatic carbocycles. The van der Waals surface area contributed by atoms with Crippen LogP contribution in [0.5, 0.6) is 23.0 Å². The number of hydrogen-bond acceptors (Lipinski definition) is 6. The SMILES string of the molecule is COc1cc(C2c3cc(O)c(OC)cc3C=C(C(N)=O)C2C(N)=O)ccc1O. The summed E-state index contributed by atoms with van der Waals surface area (Å²) in [5, 5.41) is 20.2. The zero-order valence-corrected chi connectivity index (χ0v) is 15.3. The molecule has 0 radical (unpaired) electrons. The Bertz CT molecular complexity index is 998. The minimum atomic E-state index is -1.06. The second kappa shape index (κ2) is 7.15. The molecule has 2 aromatic carbocycles. The number of carbonyl (C=O) groups excluding carboxylic acids is 2. The molecule has 2 aromatic rings. The van der Waals surface area contributed by atoms with Gasteiger partial charge >= 0.3 is 0 Å². The quantitative estimate of drug-likeness (QED) is 0.610. The third-order valence-corrected chi connectivity index (χ3v) is 4.85. The van der Waals surface area contributed by atoms with Gasteiger partial charge in [0.1, 0.15) is 0 Å². The van der Waals surface area contributed by atoms with Crippen molar-refractivity contribution in [2.24, 2.45) is 17.4 Å². The summed E-state index contributed by atoms with van der Waals surface area (Å²) in [6.45, 7) is 0. The average molecular weight is 384 g/mol. The summed E-state index contributed by atoms with van der Waals surface area (Å²) >= 11 is 0. The minimum Gasteiger partial charge on any atom is -0.504 e. The van der Waals surface area contributed by atoms with Crippen LogP contribution in [0.3, 0.4) is 0 Å². The first-order chi connectivity index (χ1) is 13.3. The Morgan fingerprint density at radius 2 is 1.61 bits per heavy atom. The van der Waals surface area contributed by atoms with Crippen molar-refractivity contribution >= 4 is 17.9 Å². The fraction of sp³-hybridized carbons (Fsp3) is 0.200. The molecule has 2 amide bonds. The normalized spacial score (nSPS) is 18.0. The number of amides is 2. The largest absolute Gasteiger partial charge is 0.504 e. The number of nitrogens with two attached hydrogens (primary N) is 2. The minimum absolute atomic E-state index is 0.0461. The van der Waals surface area contributed by atoms with Gasteiger partial charge < -0.3 is 31.2 Å². The first kappa shape index (κ1) is 19.1. The van der Waals surface area contributed by atoms with Crippen molar-refractivity contribution in [3.8, 4) is 23.0 Å². The van der Waals surface area contributed by atoms with E-state index in [4.69, 9.17) is 20.9 Å². The lowest BCUT2D eigenvalue weighted by Crippen LogP contribution is -2.37. The van der Waals surface area contributed by atoms with Crippen LogP contribution in [0.25, 0.3) is 6.08 Å². The van der Waals surface area contributed by atoms with Crippen LogP contribution in [0.15, 0.2) is 35.9 Å². The van der Waals surface area contributed by atoms with Gasteiger partial charge in [-0.15, -0.1) is 0 Å². The summed E-state index contributed by atoms with van der Waals surface area (Å²) in [6, 6.07) is 7.56. The highest BCUT2D eigenvalue weighted by atomic mass is 16.5. The van der Waals surface area contributed by atoms with Crippen molar-refractivity contribution in [2.75, 3.05) is 14.2 Å². The Hall–Kier alpha value is -3.68. The number of aromatic hydroxyl groups is 2. The maximum absolute atomic E-state index is 12.3. The molecular weight excluding hydrogens is 364 g/mol. The molecular formula is C20H20N2O6. The van der Waals surface area contributed by atoms with Crippen molar-refractivity contribution in [1.82, 2.24) is 0 Å². The van der Waals surface area contributed by atoms with E-state index in [2.05, 4.69) is 0 Å². The first-order valence-corrected chi connectivity index (χ1v) is 8.37. The molecule has 0 aromatic heterocycles. The van der Waals surface area contributed by atoms with Gasteiger partial charge in [0.25, 0.3) is 0 Å². The number of hydrogen-bond donors (Lipinski definition) is 4. The molecule has 2 unspecified atom stereocenters. The number of benzene rings is 2. The van der Waals surface area contributed by atoms with Crippen LogP contribution in [-0.4, -0.2) is 36.2 Å². The van der Waals surface area contributed by atoms with E-state index in [1.54, 1.807) is 18.2 Å². The molecule has 3 rings (SSSR count). The number of fused-ring (bicyclic) bond motifs is 1. The monoisotopic (exact) mass is 384 g/mol. The molecule has 0 bridgehead atoms. The number of carbonyl (C=O) groups is 2. The van der Waals surface area contributed by atoms with Crippen molar-refractivity contribution in [3.05, 3.63) is 52.6 Å². The van der Waals surface area contributed by atoms with Crippen LogP contribution in [0, 0.1) is 5.92 Å². The maximum Gasteiger partial charge on any atom is 0.245 e. The maximum atomic E-state index is 12.3. The van der Waals surface area contributed by atoms with E-state index in [1.165, 1.54) is 32.4 Å². The van der Waals surface area contributed by atoms with Gasteiger partial charge in [-0.2, -0.15) is 0 Å². The van der Waals surface area contributed by atoms with Crippen LogP contribution in [0.2, 0.25) is 0 Å². The molecule has 6 N–H and O–H groups in total. The fourth-order valence-corrected chi connectivity index (χ4v) is 3.58. The topological polar surface area (TPSA) is 145 Å². The zero-order valence-electron chi connectivity index (χ0n) is 15.3. The van der Waals surface area contributed by atoms with Gasteiger partial charge in [-0.3, -0.25) is 9.59 Å². The first-order valence-electron chi connectivity index (χ1n) is 8.37. The Kier molecular flexibility index (Phi) is 4.87. The molecule has 0 fully saturated rings. The summed E-state index contributed by atoms with van der Waals surface area (Å²) < 4.78 is 10.3. The number of rotatable bonds is 5. The molecule has 0 aliphatic heterocycles. The van der Waals surface area contributed by atoms with Crippen LogP contribution in [-0.2, 0) is 9.59 Å². The van der Waals surface area contributed by atoms with E-state index in [1.807, 2.05) is 0 Å². The standard InChI is InChI=1S/C20H20N2O6/c1-27-15-6-9(3-4-13(15)23)17-11-8-14(24)16(28-2)7-10(11)5-12(19(21)25)18(17)20(22)26/h3-8,17-18,23-24H,1-2H3,(H2,21,25)(H2,22,26). The molecule has 8 heteroatoms. The van der Waals surface area contributed by atoms with Crippen LogP contribution in [0.4, 0.5) is 0 Å². The van der Waals surface area contributed by atoms with E-state index in [-0.39, 0.29) is 28.6 Å². The number of primary amides is 2. The highest BCUT2D eigenvalue weighted by Crippen LogP contribution is 2.47. The predicted molar refractivity (Wildman–Crippen MR) is 101 cm³/mol. The number of phenolic OH excluding ortho intramolecular Hbond substituents is 2. The van der Waals surface area contributed by atoms with Crippen LogP contribution in [0.1, 0.15) is 22.6 Å².